The van der Waals surface area contributed by atoms with Crippen molar-refractivity contribution in [3.05, 3.63) is 312 Å². The van der Waals surface area contributed by atoms with Crippen LogP contribution in [0, 0.1) is 0 Å². The van der Waals surface area contributed by atoms with Gasteiger partial charge < -0.3 is 85.4 Å². The lowest BCUT2D eigenvalue weighted by molar-refractivity contribution is -0.167. The molecule has 0 spiro atoms. The Kier molecular flexibility index (Phi) is 43.4. The average Bonchev–Trinajstić information content (AvgIpc) is 1.63. The van der Waals surface area contributed by atoms with Gasteiger partial charge in [-0.25, -0.2) is 14.4 Å². The summed E-state index contributed by atoms with van der Waals surface area (Å²) in [5.74, 6) is -5.73. The molecule has 0 radical (unpaired) electrons. The van der Waals surface area contributed by atoms with Crippen LogP contribution in [-0.2, 0) is 89.9 Å². The first-order valence-corrected chi connectivity index (χ1v) is 56.4. The molecule has 5 aromatic heterocycles. The van der Waals surface area contributed by atoms with Crippen LogP contribution in [0.15, 0.2) is 295 Å². The molecular formula is C107H118BrCl3N8O17S9. The minimum Gasteiger partial charge on any atom is -0.479 e. The predicted molar refractivity (Wildman–Crippen MR) is 582 cm³/mol. The number of alkyl carbamates (subject to hydrolysis) is 2. The fraction of sp³-hybridized carbons (Fsp3) is 0.346. The van der Waals surface area contributed by atoms with Gasteiger partial charge in [0.25, 0.3) is 29.5 Å². The van der Waals surface area contributed by atoms with Crippen LogP contribution in [0.4, 0.5) is 9.59 Å². The Morgan fingerprint density at radius 1 is 0.414 bits per heavy atom. The predicted octanol–water partition coefficient (Wildman–Crippen LogP) is 24.7. The van der Waals surface area contributed by atoms with Crippen molar-refractivity contribution < 1.29 is 82.1 Å². The summed E-state index contributed by atoms with van der Waals surface area (Å²) < 4.78 is 34.2. The van der Waals surface area contributed by atoms with Crippen molar-refractivity contribution in [1.82, 2.24) is 36.0 Å². The van der Waals surface area contributed by atoms with Gasteiger partial charge in [-0.05, 0) is 256 Å². The minimum absolute atomic E-state index is 0.103. The monoisotopic (exact) mass is 2260 g/mol. The van der Waals surface area contributed by atoms with Gasteiger partial charge in [0.15, 0.2) is 48.2 Å². The van der Waals surface area contributed by atoms with E-state index in [9.17, 15) is 53.7 Å². The van der Waals surface area contributed by atoms with Gasteiger partial charge in [0.05, 0.1) is 44.3 Å². The molecule has 5 aliphatic heterocycles. The van der Waals surface area contributed by atoms with Crippen LogP contribution in [0.3, 0.4) is 0 Å². The third-order valence-corrected chi connectivity index (χ3v) is 32.7. The van der Waals surface area contributed by atoms with Crippen LogP contribution in [-0.4, -0.2) is 157 Å². The largest absolute Gasteiger partial charge is 0.479 e. The molecule has 10 heterocycles. The number of carboxylic acid groups (broad SMARTS) is 1. The zero-order valence-electron chi connectivity index (χ0n) is 81.5. The number of hydrogen-bond donors (Lipinski definition) is 8. The van der Waals surface area contributed by atoms with Crippen LogP contribution >= 0.6 is 154 Å². The number of carboxylic acids is 1. The molecule has 5 fully saturated rings. The Morgan fingerprint density at radius 3 is 1.08 bits per heavy atom. The molecule has 7 aromatic carbocycles. The molecule has 770 valence electrons. The van der Waals surface area contributed by atoms with Gasteiger partial charge in [0.1, 0.15) is 11.2 Å². The van der Waals surface area contributed by atoms with Gasteiger partial charge in [-0.2, -0.15) is 0 Å². The van der Waals surface area contributed by atoms with Gasteiger partial charge in [-0.15, -0.1) is 56.7 Å². The maximum absolute atomic E-state index is 13.7. The first-order valence-electron chi connectivity index (χ1n) is 46.8. The zero-order chi connectivity index (χ0) is 104. The number of carbonyl (C=O) groups is 8. The third-order valence-electron chi connectivity index (χ3n) is 22.1. The molecule has 12 aromatic rings. The van der Waals surface area contributed by atoms with E-state index in [4.69, 9.17) is 69.0 Å². The summed E-state index contributed by atoms with van der Waals surface area (Å²) in [6.07, 6.45) is -4.09. The van der Waals surface area contributed by atoms with Gasteiger partial charge in [-0.1, -0.05) is 191 Å². The maximum atomic E-state index is 13.7. The van der Waals surface area contributed by atoms with E-state index in [1.165, 1.54) is 40.7 Å². The number of aliphatic hydroxyl groups is 2. The average molecular weight is 2260 g/mol. The summed E-state index contributed by atoms with van der Waals surface area (Å²) in [5.41, 5.74) is 7.44. The van der Waals surface area contributed by atoms with Crippen LogP contribution in [0.1, 0.15) is 167 Å². The second-order valence-electron chi connectivity index (χ2n) is 36.7. The van der Waals surface area contributed by atoms with E-state index in [1.807, 2.05) is 192 Å². The van der Waals surface area contributed by atoms with E-state index >= 15 is 0 Å². The van der Waals surface area contributed by atoms with Crippen LogP contribution in [0.2, 0.25) is 15.1 Å². The van der Waals surface area contributed by atoms with Gasteiger partial charge in [0.2, 0.25) is 0 Å². The Morgan fingerprint density at radius 2 is 0.731 bits per heavy atom. The summed E-state index contributed by atoms with van der Waals surface area (Å²) in [7, 11) is 0. The molecule has 5 aliphatic rings. The molecular weight excluding hydrogens is 2140 g/mol. The highest BCUT2D eigenvalue weighted by Gasteiger charge is 2.53. The fourth-order valence-electron chi connectivity index (χ4n) is 15.8. The molecule has 17 rings (SSSR count). The number of likely N-dealkylation sites (tertiary alicyclic amines) is 3. The van der Waals surface area contributed by atoms with Crippen LogP contribution in [0.25, 0.3) is 0 Å². The van der Waals surface area contributed by atoms with E-state index in [2.05, 4.69) is 120 Å². The highest BCUT2D eigenvalue weighted by Crippen LogP contribution is 2.43. The molecule has 0 saturated carbocycles. The van der Waals surface area contributed by atoms with Crippen molar-refractivity contribution in [3.63, 3.8) is 0 Å². The molecule has 25 nitrogen and oxygen atoms in total. The SMILES string of the molecule is CC(C)(C)OC(=O)NCc1cc(Br)cs1.CC(C)(C)OC(=O)NCc1cc(Sc2ccccc2)cs1.CC1(C)O[C@@H](C(=O)NCc2cc(Sc3ccccc3)cs2)[C@H](C(=O)N2CCC[C@@H]2c2cccc(Cl)c2)O1.CC1(C)O[C@@H](C(=O)O)[C@H](C(=O)N2CCC[C@@H]2c2cccc(Cl)c2)O1.NCc1cc(Sc2ccccc2)cs1.O=C(NCc1cc(Sc2ccccc2)cs1)[C@H](O)[C@@H](O)C(=O)N1CCC[C@@H]1c1cccc(Cl)c1. The fourth-order valence-corrected chi connectivity index (χ4v) is 25.2. The van der Waals surface area contributed by atoms with Crippen molar-refractivity contribution in [1.29, 1.82) is 0 Å². The number of nitrogens with one attached hydrogen (secondary N) is 4. The lowest BCUT2D eigenvalue weighted by atomic mass is 10.0. The Bertz CT molecular complexity index is 6250. The van der Waals surface area contributed by atoms with Gasteiger partial charge >= 0.3 is 18.2 Å². The highest BCUT2D eigenvalue weighted by molar-refractivity contribution is 9.10. The molecule has 7 amide bonds. The number of ether oxygens (including phenoxy) is 6. The topological polar surface area (TPSA) is 336 Å². The smallest absolute Gasteiger partial charge is 0.407 e. The van der Waals surface area contributed by atoms with E-state index in [0.717, 1.165) is 98.8 Å². The summed E-state index contributed by atoms with van der Waals surface area (Å²) >= 11 is 36.5. The number of nitrogens with two attached hydrogens (primary N) is 1. The molecule has 0 bridgehead atoms. The van der Waals surface area contributed by atoms with Crippen LogP contribution in [0.5, 0.6) is 0 Å². The molecule has 0 unspecified atom stereocenters. The molecule has 5 saturated heterocycles. The second-order valence-corrected chi connectivity index (χ2v) is 48.4. The maximum Gasteiger partial charge on any atom is 0.407 e. The summed E-state index contributed by atoms with van der Waals surface area (Å²) in [6, 6.07) is 72.7. The van der Waals surface area contributed by atoms with Gasteiger partial charge in [0, 0.05) is 136 Å². The second kappa shape index (κ2) is 54.9. The first kappa shape index (κ1) is 115. The molecule has 145 heavy (non-hydrogen) atoms. The molecule has 38 heteroatoms. The minimum atomic E-state index is -1.86. The van der Waals surface area contributed by atoms with E-state index in [1.54, 1.807) is 148 Å². The Hall–Kier alpha value is -9.13. The summed E-state index contributed by atoms with van der Waals surface area (Å²) in [6.45, 7) is 21.5. The molecule has 0 aliphatic carbocycles. The number of benzene rings is 7. The van der Waals surface area contributed by atoms with Crippen molar-refractivity contribution in [2.45, 2.75) is 257 Å². The number of nitrogens with zero attached hydrogens (tertiary/aromatic N) is 3. The number of rotatable bonds is 27. The number of aliphatic hydroxyl groups excluding tert-OH is 2. The zero-order valence-corrected chi connectivity index (χ0v) is 92.7. The number of amides is 7. The number of hydrogen-bond acceptors (Lipinski definition) is 26. The summed E-state index contributed by atoms with van der Waals surface area (Å²) in [5, 5.41) is 53.3. The number of aliphatic carboxylic acids is 1. The lowest BCUT2D eigenvalue weighted by Crippen LogP contribution is -2.50. The third kappa shape index (κ3) is 36.4. The number of halogens is 4. The highest BCUT2D eigenvalue weighted by atomic mass is 79.9. The van der Waals surface area contributed by atoms with E-state index < -0.39 is 77.2 Å². The van der Waals surface area contributed by atoms with Crippen molar-refractivity contribution in [2.75, 3.05) is 19.6 Å². The quantitative estimate of drug-likeness (QED) is 0.0237. The standard InChI is InChI=1S/C28H29ClN2O4S2.C25H25ClN2O4S2.C17H20ClNO5.C16H19NO2S2.C11H11NS2.C10H14BrNO2S/c1-28(2)34-24(26(32)30-16-21-15-22(17-36-21)37-20-10-4-3-5-11-20)25(35-28)27(33)31-13-7-12-23(31)18-8-6-9-19(29)14-18;26-17-7-4-6-16(12-17)21-10-5-11-28(21)25(32)23(30)22(29)24(31)27-14-19-13-20(15-33-19)34-18-8-2-1-3-9-18;1-17(2)23-13(14(24-17)16(21)22)15(20)19-8-4-7-12(19)10-5-3-6-11(18)9-10;1-16(2,3)19-15(18)17-10-13-9-14(11-20-13)21-12-7-5-4-6-8-12;12-7-10-6-11(8-13-10)14-9-4-2-1-3-5-9;1-10(2,3)14-9(13)12-5-8-4-7(11)6-15-8/h3-6,8-11,14-15,17,23-25H,7,12-13,16H2,1-2H3,(H,30,32);1-4,6-9,12-13,15,21-23,29-30H,5,10-11,14H2,(H,27,31);3,5-6,9,12-14H,4,7-8H2,1-2H3,(H,21,22);4-9,11H,10H2,1-3H3,(H,17,18);1-6,8H,7,12H2;4,6H,5H2,1-3H3,(H,12,13)/t23-,24-,25-;21-,22-,23-;12-,13-,14-;;;/m111.../s1. The van der Waals surface area contributed by atoms with Crippen LogP contribution < -0.4 is 27.0 Å². The summed E-state index contributed by atoms with van der Waals surface area (Å²) in [4.78, 5) is 119. The van der Waals surface area contributed by atoms with Gasteiger partial charge in [-0.3, -0.25) is 24.0 Å². The Balaban J connectivity index is 0.000000160. The number of thiophene rings is 5. The first-order chi connectivity index (χ1) is 69.2. The lowest BCUT2D eigenvalue weighted by Gasteiger charge is -2.28. The Labute approximate surface area is 906 Å². The van der Waals surface area contributed by atoms with Crippen molar-refractivity contribution in [2.24, 2.45) is 5.73 Å². The molecule has 9 N–H and O–H groups in total. The van der Waals surface area contributed by atoms with E-state index in [-0.39, 0.29) is 54.6 Å². The number of carbonyl (C=O) groups excluding carboxylic acids is 7. The van der Waals surface area contributed by atoms with Crippen molar-refractivity contribution in [3.8, 4) is 0 Å². The van der Waals surface area contributed by atoms with Crippen molar-refractivity contribution >= 4 is 202 Å². The van der Waals surface area contributed by atoms with E-state index in [0.29, 0.717) is 60.9 Å². The normalized spacial score (nSPS) is 18.5. The molecule has 9 atom stereocenters.